The van der Waals surface area contributed by atoms with E-state index < -0.39 is 0 Å². The highest BCUT2D eigenvalue weighted by Gasteiger charge is 2.41. The molecule has 3 saturated heterocycles. The minimum atomic E-state index is -0.206. The van der Waals surface area contributed by atoms with Crippen molar-refractivity contribution in [2.24, 2.45) is 5.41 Å². The molecule has 1 aromatic heterocycles. The largest absolute Gasteiger partial charge is 0.368 e. The lowest BCUT2D eigenvalue weighted by molar-refractivity contribution is -0.152. The van der Waals surface area contributed by atoms with Crippen LogP contribution in [0.2, 0.25) is 0 Å². The van der Waals surface area contributed by atoms with E-state index in [9.17, 15) is 4.79 Å². The van der Waals surface area contributed by atoms with Gasteiger partial charge in [0.05, 0.1) is 6.61 Å². The fourth-order valence-electron chi connectivity index (χ4n) is 4.33. The molecule has 136 valence electrons. The number of aromatic nitrogens is 2. The van der Waals surface area contributed by atoms with Crippen molar-refractivity contribution in [3.05, 3.63) is 18.0 Å². The van der Waals surface area contributed by atoms with E-state index in [4.69, 9.17) is 4.74 Å². The van der Waals surface area contributed by atoms with Gasteiger partial charge in [-0.15, -0.1) is 0 Å². The van der Waals surface area contributed by atoms with Crippen molar-refractivity contribution in [2.75, 3.05) is 37.7 Å². The first-order valence-electron chi connectivity index (χ1n) is 9.59. The fraction of sp³-hybridized carbons (Fsp3) is 0.737. The summed E-state index contributed by atoms with van der Waals surface area (Å²) in [5.74, 6) is 1.05. The van der Waals surface area contributed by atoms with Crippen LogP contribution in [0.3, 0.4) is 0 Å². The molecule has 3 fully saturated rings. The fourth-order valence-corrected chi connectivity index (χ4v) is 4.33. The van der Waals surface area contributed by atoms with Crippen molar-refractivity contribution in [3.63, 3.8) is 0 Å². The highest BCUT2D eigenvalue weighted by molar-refractivity contribution is 5.81. The Morgan fingerprint density at radius 2 is 1.80 bits per heavy atom. The van der Waals surface area contributed by atoms with Gasteiger partial charge in [0.2, 0.25) is 5.95 Å². The van der Waals surface area contributed by atoms with Crippen LogP contribution in [-0.2, 0) is 9.53 Å². The third-order valence-electron chi connectivity index (χ3n) is 6.09. The summed E-state index contributed by atoms with van der Waals surface area (Å²) in [7, 11) is 0. The van der Waals surface area contributed by atoms with E-state index in [0.717, 1.165) is 82.8 Å². The molecule has 1 amide bonds. The smallest absolute Gasteiger partial charge is 0.251 e. The summed E-state index contributed by atoms with van der Waals surface area (Å²) in [5, 5.41) is 0. The average molecular weight is 344 g/mol. The van der Waals surface area contributed by atoms with Crippen molar-refractivity contribution in [2.45, 2.75) is 51.6 Å². The highest BCUT2D eigenvalue weighted by atomic mass is 16.5. The van der Waals surface area contributed by atoms with Crippen LogP contribution in [0.15, 0.2) is 12.4 Å². The Labute approximate surface area is 149 Å². The number of piperidine rings is 1. The van der Waals surface area contributed by atoms with Crippen molar-refractivity contribution in [3.8, 4) is 0 Å². The molecule has 0 bridgehead atoms. The molecule has 3 aliphatic heterocycles. The molecule has 0 saturated carbocycles. The number of nitrogens with zero attached hydrogens (tertiary/aromatic N) is 4. The van der Waals surface area contributed by atoms with Gasteiger partial charge < -0.3 is 14.5 Å². The Kier molecular flexibility index (Phi) is 4.63. The summed E-state index contributed by atoms with van der Waals surface area (Å²) in [4.78, 5) is 25.7. The summed E-state index contributed by atoms with van der Waals surface area (Å²) >= 11 is 0. The maximum Gasteiger partial charge on any atom is 0.251 e. The zero-order chi connectivity index (χ0) is 17.3. The monoisotopic (exact) mass is 344 g/mol. The molecule has 1 atom stereocenters. The minimum absolute atomic E-state index is 0.206. The lowest BCUT2D eigenvalue weighted by atomic mass is 9.73. The Hall–Kier alpha value is -1.69. The lowest BCUT2D eigenvalue weighted by Gasteiger charge is -2.45. The molecule has 25 heavy (non-hydrogen) atoms. The number of ether oxygens (including phenoxy) is 1. The molecule has 3 aliphatic rings. The van der Waals surface area contributed by atoms with Gasteiger partial charge in [0.25, 0.3) is 5.91 Å². The lowest BCUT2D eigenvalue weighted by Crippen LogP contribution is -2.49. The Balaban J connectivity index is 1.30. The third-order valence-corrected chi connectivity index (χ3v) is 6.09. The number of hydrogen-bond donors (Lipinski definition) is 0. The van der Waals surface area contributed by atoms with E-state index in [1.54, 1.807) is 0 Å². The number of rotatable bonds is 2. The molecule has 0 N–H and O–H groups in total. The maximum atomic E-state index is 12.5. The zero-order valence-electron chi connectivity index (χ0n) is 15.1. The van der Waals surface area contributed by atoms with Gasteiger partial charge in [-0.2, -0.15) is 0 Å². The minimum Gasteiger partial charge on any atom is -0.368 e. The van der Waals surface area contributed by atoms with E-state index in [1.807, 2.05) is 24.2 Å². The summed E-state index contributed by atoms with van der Waals surface area (Å²) in [5.41, 5.74) is 1.33. The first kappa shape index (κ1) is 16.8. The molecule has 4 rings (SSSR count). The van der Waals surface area contributed by atoms with E-state index in [0.29, 0.717) is 0 Å². The molecule has 0 aromatic carbocycles. The second-order valence-corrected chi connectivity index (χ2v) is 7.92. The van der Waals surface area contributed by atoms with Crippen LogP contribution >= 0.6 is 0 Å². The summed E-state index contributed by atoms with van der Waals surface area (Å²) in [6.07, 6.45) is 9.98. The second-order valence-electron chi connectivity index (χ2n) is 7.92. The number of aryl methyl sites for hydroxylation is 1. The normalized spacial score (nSPS) is 26.2. The maximum absolute atomic E-state index is 12.5. The highest BCUT2D eigenvalue weighted by Crippen LogP contribution is 2.41. The van der Waals surface area contributed by atoms with E-state index in [2.05, 4.69) is 14.9 Å². The molecule has 1 unspecified atom stereocenters. The molecule has 1 aromatic rings. The van der Waals surface area contributed by atoms with Crippen LogP contribution in [0.5, 0.6) is 0 Å². The molecular weight excluding hydrogens is 316 g/mol. The van der Waals surface area contributed by atoms with Gasteiger partial charge in [-0.25, -0.2) is 9.97 Å². The van der Waals surface area contributed by atoms with Gasteiger partial charge in [-0.1, -0.05) is 0 Å². The van der Waals surface area contributed by atoms with Gasteiger partial charge >= 0.3 is 0 Å². The number of amides is 1. The van der Waals surface area contributed by atoms with Crippen molar-refractivity contribution < 1.29 is 9.53 Å². The molecule has 1 spiro atoms. The van der Waals surface area contributed by atoms with Crippen LogP contribution in [0, 0.1) is 12.3 Å². The Bertz CT molecular complexity index is 594. The first-order valence-corrected chi connectivity index (χ1v) is 9.59. The molecule has 4 heterocycles. The second kappa shape index (κ2) is 6.90. The number of hydrogen-bond acceptors (Lipinski definition) is 5. The molecule has 0 aliphatic carbocycles. The average Bonchev–Trinajstić information content (AvgIpc) is 3.18. The predicted octanol–water partition coefficient (Wildman–Crippen LogP) is 2.17. The van der Waals surface area contributed by atoms with Gasteiger partial charge in [0, 0.05) is 38.6 Å². The Morgan fingerprint density at radius 1 is 1.12 bits per heavy atom. The summed E-state index contributed by atoms with van der Waals surface area (Å²) in [6, 6.07) is 0. The van der Waals surface area contributed by atoms with E-state index >= 15 is 0 Å². The molecule has 0 radical (unpaired) electrons. The SMILES string of the molecule is Cc1cnc(N2CCC3(CCC(C(=O)N4CCCC4)OC3)CC2)nc1. The van der Waals surface area contributed by atoms with Crippen LogP contribution in [0.4, 0.5) is 5.95 Å². The quantitative estimate of drug-likeness (QED) is 0.823. The van der Waals surface area contributed by atoms with Crippen LogP contribution in [-0.4, -0.2) is 59.7 Å². The molecule has 6 nitrogen and oxygen atoms in total. The van der Waals surface area contributed by atoms with Gasteiger partial charge in [-0.05, 0) is 56.4 Å². The number of carbonyl (C=O) groups excluding carboxylic acids is 1. The number of carbonyl (C=O) groups is 1. The third kappa shape index (κ3) is 3.50. The topological polar surface area (TPSA) is 58.6 Å². The van der Waals surface area contributed by atoms with Crippen LogP contribution in [0.1, 0.15) is 44.1 Å². The van der Waals surface area contributed by atoms with Crippen molar-refractivity contribution >= 4 is 11.9 Å². The van der Waals surface area contributed by atoms with Crippen molar-refractivity contribution in [1.82, 2.24) is 14.9 Å². The van der Waals surface area contributed by atoms with Crippen LogP contribution in [0.25, 0.3) is 0 Å². The van der Waals surface area contributed by atoms with E-state index in [1.165, 1.54) is 0 Å². The predicted molar refractivity (Wildman–Crippen MR) is 95.4 cm³/mol. The zero-order valence-corrected chi connectivity index (χ0v) is 15.1. The van der Waals surface area contributed by atoms with Crippen LogP contribution < -0.4 is 4.90 Å². The van der Waals surface area contributed by atoms with Gasteiger partial charge in [0.15, 0.2) is 0 Å². The first-order chi connectivity index (χ1) is 12.2. The molecular formula is C19H28N4O2. The van der Waals surface area contributed by atoms with Crippen molar-refractivity contribution in [1.29, 1.82) is 0 Å². The van der Waals surface area contributed by atoms with Gasteiger partial charge in [0.1, 0.15) is 6.10 Å². The number of anilines is 1. The summed E-state index contributed by atoms with van der Waals surface area (Å²) < 4.78 is 6.06. The summed E-state index contributed by atoms with van der Waals surface area (Å²) in [6.45, 7) is 6.49. The standard InChI is InChI=1S/C19H28N4O2/c1-15-12-20-18(21-13-15)23-10-6-19(7-11-23)5-4-16(25-14-19)17(24)22-8-2-3-9-22/h12-13,16H,2-11,14H2,1H3. The Morgan fingerprint density at radius 3 is 2.40 bits per heavy atom. The van der Waals surface area contributed by atoms with Gasteiger partial charge in [-0.3, -0.25) is 4.79 Å². The van der Waals surface area contributed by atoms with E-state index in [-0.39, 0.29) is 17.4 Å². The number of likely N-dealkylation sites (tertiary alicyclic amines) is 1. The molecule has 6 heteroatoms.